The first kappa shape index (κ1) is 19.0. The van der Waals surface area contributed by atoms with Gasteiger partial charge < -0.3 is 14.8 Å². The molecular weight excluding hydrogens is 314 g/mol. The second-order valence-corrected chi connectivity index (χ2v) is 6.85. The summed E-state index contributed by atoms with van der Waals surface area (Å²) in [6, 6.07) is 15.1. The third-order valence-corrected chi connectivity index (χ3v) is 3.83. The van der Waals surface area contributed by atoms with Gasteiger partial charge in [0, 0.05) is 17.9 Å². The van der Waals surface area contributed by atoms with E-state index in [1.54, 1.807) is 0 Å². The smallest absolute Gasteiger partial charge is 0.255 e. The highest BCUT2D eigenvalue weighted by atomic mass is 16.5. The molecule has 2 rings (SSSR count). The maximum atomic E-state index is 12.3. The molecule has 0 saturated heterocycles. The number of hydrogen-bond acceptors (Lipinski definition) is 3. The monoisotopic (exact) mass is 341 g/mol. The Morgan fingerprint density at radius 2 is 1.60 bits per heavy atom. The van der Waals surface area contributed by atoms with E-state index in [1.165, 1.54) is 5.56 Å². The zero-order chi connectivity index (χ0) is 18.3. The molecule has 0 spiro atoms. The number of hydrogen-bond donors (Lipinski definition) is 1. The summed E-state index contributed by atoms with van der Waals surface area (Å²) in [5, 5.41) is 2.90. The predicted octanol–water partition coefficient (Wildman–Crippen LogP) is 4.65. The fraction of sp³-hybridized carbons (Fsp3) is 0.381. The van der Waals surface area contributed by atoms with E-state index in [0.29, 0.717) is 25.4 Å². The van der Waals surface area contributed by atoms with Crippen molar-refractivity contribution in [1.29, 1.82) is 0 Å². The third kappa shape index (κ3) is 5.91. The molecule has 0 atom stereocenters. The van der Waals surface area contributed by atoms with Crippen LogP contribution >= 0.6 is 0 Å². The molecule has 0 saturated carbocycles. The van der Waals surface area contributed by atoms with Crippen LogP contribution in [0, 0.1) is 0 Å². The van der Waals surface area contributed by atoms with Crippen LogP contribution in [0.1, 0.15) is 43.6 Å². The fourth-order valence-corrected chi connectivity index (χ4v) is 2.32. The highest BCUT2D eigenvalue weighted by Crippen LogP contribution is 2.22. The van der Waals surface area contributed by atoms with E-state index in [9.17, 15) is 4.79 Å². The minimum absolute atomic E-state index is 0.0764. The number of amides is 1. The molecule has 0 bridgehead atoms. The standard InChI is InChI=1S/C21H27NO3/c1-5-24-14-15-25-19-12-10-18(11-13-19)22-20(23)16-6-8-17(9-7-16)21(2,3)4/h6-13H,5,14-15H2,1-4H3,(H,22,23). The molecule has 2 aromatic carbocycles. The molecule has 0 heterocycles. The lowest BCUT2D eigenvalue weighted by atomic mass is 9.87. The molecule has 4 heteroatoms. The highest BCUT2D eigenvalue weighted by Gasteiger charge is 2.14. The van der Waals surface area contributed by atoms with E-state index in [0.717, 1.165) is 11.4 Å². The fourth-order valence-electron chi connectivity index (χ4n) is 2.32. The molecule has 0 aromatic heterocycles. The second kappa shape index (κ2) is 8.67. The Kier molecular flexibility index (Phi) is 6.59. The topological polar surface area (TPSA) is 47.6 Å². The van der Waals surface area contributed by atoms with Crippen molar-refractivity contribution in [2.24, 2.45) is 0 Å². The van der Waals surface area contributed by atoms with Gasteiger partial charge in [-0.2, -0.15) is 0 Å². The van der Waals surface area contributed by atoms with Crippen LogP contribution in [0.15, 0.2) is 48.5 Å². The van der Waals surface area contributed by atoms with Gasteiger partial charge >= 0.3 is 0 Å². The minimum atomic E-state index is -0.120. The maximum Gasteiger partial charge on any atom is 0.255 e. The van der Waals surface area contributed by atoms with Crippen LogP contribution in [-0.2, 0) is 10.2 Å². The normalized spacial score (nSPS) is 11.2. The van der Waals surface area contributed by atoms with Gasteiger partial charge in [0.05, 0.1) is 6.61 Å². The van der Waals surface area contributed by atoms with Crippen molar-refractivity contribution >= 4 is 11.6 Å². The average molecular weight is 341 g/mol. The lowest BCUT2D eigenvalue weighted by Gasteiger charge is -2.19. The van der Waals surface area contributed by atoms with E-state index in [-0.39, 0.29) is 11.3 Å². The van der Waals surface area contributed by atoms with Crippen LogP contribution in [0.4, 0.5) is 5.69 Å². The lowest BCUT2D eigenvalue weighted by molar-refractivity contribution is 0.102. The van der Waals surface area contributed by atoms with Crippen LogP contribution in [-0.4, -0.2) is 25.7 Å². The van der Waals surface area contributed by atoms with Crippen molar-refractivity contribution < 1.29 is 14.3 Å². The van der Waals surface area contributed by atoms with E-state index >= 15 is 0 Å². The molecule has 25 heavy (non-hydrogen) atoms. The highest BCUT2D eigenvalue weighted by molar-refractivity contribution is 6.04. The molecule has 2 aromatic rings. The number of rotatable bonds is 7. The summed E-state index contributed by atoms with van der Waals surface area (Å²) < 4.78 is 10.8. The summed E-state index contributed by atoms with van der Waals surface area (Å²) in [5.41, 5.74) is 2.66. The van der Waals surface area contributed by atoms with Crippen LogP contribution in [0.2, 0.25) is 0 Å². The minimum Gasteiger partial charge on any atom is -0.491 e. The second-order valence-electron chi connectivity index (χ2n) is 6.85. The Labute approximate surface area is 150 Å². The van der Waals surface area contributed by atoms with Crippen LogP contribution in [0.3, 0.4) is 0 Å². The van der Waals surface area contributed by atoms with Gasteiger partial charge in [0.1, 0.15) is 12.4 Å². The van der Waals surface area contributed by atoms with Crippen molar-refractivity contribution in [3.05, 3.63) is 59.7 Å². The van der Waals surface area contributed by atoms with Crippen LogP contribution in [0.25, 0.3) is 0 Å². The largest absolute Gasteiger partial charge is 0.491 e. The van der Waals surface area contributed by atoms with Crippen molar-refractivity contribution in [3.8, 4) is 5.75 Å². The van der Waals surface area contributed by atoms with E-state index < -0.39 is 0 Å². The summed E-state index contributed by atoms with van der Waals surface area (Å²) in [5.74, 6) is 0.637. The molecular formula is C21H27NO3. The van der Waals surface area contributed by atoms with E-state index in [4.69, 9.17) is 9.47 Å². The molecule has 134 valence electrons. The third-order valence-electron chi connectivity index (χ3n) is 3.83. The average Bonchev–Trinajstić information content (AvgIpc) is 2.59. The lowest BCUT2D eigenvalue weighted by Crippen LogP contribution is -2.14. The van der Waals surface area contributed by atoms with Gasteiger partial charge in [0.25, 0.3) is 5.91 Å². The van der Waals surface area contributed by atoms with Gasteiger partial charge in [-0.3, -0.25) is 4.79 Å². The Morgan fingerprint density at radius 3 is 2.16 bits per heavy atom. The Bertz CT molecular complexity index is 670. The van der Waals surface area contributed by atoms with Crippen molar-refractivity contribution in [2.75, 3.05) is 25.1 Å². The zero-order valence-corrected chi connectivity index (χ0v) is 15.5. The van der Waals surface area contributed by atoms with Gasteiger partial charge in [-0.1, -0.05) is 32.9 Å². The molecule has 0 fully saturated rings. The SMILES string of the molecule is CCOCCOc1ccc(NC(=O)c2ccc(C(C)(C)C)cc2)cc1. The van der Waals surface area contributed by atoms with E-state index in [2.05, 4.69) is 26.1 Å². The molecule has 1 amide bonds. The summed E-state index contributed by atoms with van der Waals surface area (Å²) in [6.45, 7) is 10.2. The molecule has 0 unspecified atom stereocenters. The Balaban J connectivity index is 1.92. The van der Waals surface area contributed by atoms with Gasteiger partial charge in [-0.25, -0.2) is 0 Å². The molecule has 4 nitrogen and oxygen atoms in total. The quantitative estimate of drug-likeness (QED) is 0.746. The molecule has 0 aliphatic carbocycles. The number of benzene rings is 2. The first-order chi connectivity index (χ1) is 11.9. The molecule has 1 N–H and O–H groups in total. The first-order valence-corrected chi connectivity index (χ1v) is 8.62. The number of anilines is 1. The van der Waals surface area contributed by atoms with Gasteiger partial charge in [0.2, 0.25) is 0 Å². The summed E-state index contributed by atoms with van der Waals surface area (Å²) in [7, 11) is 0. The number of ether oxygens (including phenoxy) is 2. The van der Waals surface area contributed by atoms with Crippen molar-refractivity contribution in [1.82, 2.24) is 0 Å². The summed E-state index contributed by atoms with van der Waals surface area (Å²) in [4.78, 5) is 12.3. The Morgan fingerprint density at radius 1 is 0.960 bits per heavy atom. The molecule has 0 radical (unpaired) electrons. The van der Waals surface area contributed by atoms with Crippen LogP contribution < -0.4 is 10.1 Å². The van der Waals surface area contributed by atoms with Crippen molar-refractivity contribution in [3.63, 3.8) is 0 Å². The number of carbonyl (C=O) groups excluding carboxylic acids is 1. The predicted molar refractivity (Wildman–Crippen MR) is 102 cm³/mol. The maximum absolute atomic E-state index is 12.3. The number of carbonyl (C=O) groups is 1. The molecule has 0 aliphatic rings. The van der Waals surface area contributed by atoms with Crippen LogP contribution in [0.5, 0.6) is 5.75 Å². The van der Waals surface area contributed by atoms with E-state index in [1.807, 2.05) is 55.5 Å². The first-order valence-electron chi connectivity index (χ1n) is 8.62. The van der Waals surface area contributed by atoms with Gasteiger partial charge in [-0.15, -0.1) is 0 Å². The molecule has 0 aliphatic heterocycles. The summed E-state index contributed by atoms with van der Waals surface area (Å²) in [6.07, 6.45) is 0. The number of nitrogens with one attached hydrogen (secondary N) is 1. The Hall–Kier alpha value is -2.33. The summed E-state index contributed by atoms with van der Waals surface area (Å²) >= 11 is 0. The zero-order valence-electron chi connectivity index (χ0n) is 15.5. The van der Waals surface area contributed by atoms with Crippen molar-refractivity contribution in [2.45, 2.75) is 33.1 Å². The van der Waals surface area contributed by atoms with Gasteiger partial charge in [-0.05, 0) is 54.3 Å². The van der Waals surface area contributed by atoms with Gasteiger partial charge in [0.15, 0.2) is 0 Å².